The molecule has 70 valence electrons. The van der Waals surface area contributed by atoms with Crippen molar-refractivity contribution in [2.24, 2.45) is 11.7 Å². The van der Waals surface area contributed by atoms with Crippen LogP contribution in [-0.2, 0) is 9.59 Å². The van der Waals surface area contributed by atoms with Crippen molar-refractivity contribution in [3.8, 4) is 0 Å². The van der Waals surface area contributed by atoms with Crippen LogP contribution in [0.2, 0.25) is 0 Å². The Bertz CT molecular complexity index is 161. The molecule has 0 fully saturated rings. The van der Waals surface area contributed by atoms with E-state index in [4.69, 9.17) is 10.8 Å². The Kier molecular flexibility index (Phi) is 4.28. The first-order valence-corrected chi connectivity index (χ1v) is 3.70. The summed E-state index contributed by atoms with van der Waals surface area (Å²) < 4.78 is 0. The third-order valence-corrected chi connectivity index (χ3v) is 1.59. The number of carboxylic acid groups (broad SMARTS) is 1. The third kappa shape index (κ3) is 3.92. The lowest BCUT2D eigenvalue weighted by Gasteiger charge is -2.11. The van der Waals surface area contributed by atoms with Gasteiger partial charge in [0.05, 0.1) is 0 Å². The monoisotopic (exact) mass is 174 g/mol. The highest BCUT2D eigenvalue weighted by Gasteiger charge is 2.13. The van der Waals surface area contributed by atoms with Crippen LogP contribution in [0.5, 0.6) is 0 Å². The van der Waals surface area contributed by atoms with Gasteiger partial charge >= 0.3 is 5.97 Å². The van der Waals surface area contributed by atoms with E-state index in [1.807, 2.05) is 0 Å². The normalized spacial score (nSPS) is 15.2. The Morgan fingerprint density at radius 1 is 1.50 bits per heavy atom. The quantitative estimate of drug-likeness (QED) is 0.507. The van der Waals surface area contributed by atoms with Crippen molar-refractivity contribution in [3.05, 3.63) is 0 Å². The molecule has 0 aromatic heterocycles. The first-order valence-electron chi connectivity index (χ1n) is 3.70. The molecule has 0 spiro atoms. The fraction of sp³-hybridized carbons (Fsp3) is 0.714. The molecule has 5 nitrogen and oxygen atoms in total. The standard InChI is InChI=1S/C7H14N2O3/c1-4(6(8)10)3-9-5(2)7(11)12/h4-5,9H,3H2,1-2H3,(H2,8,10)(H,11,12). The van der Waals surface area contributed by atoms with Gasteiger partial charge < -0.3 is 16.2 Å². The average molecular weight is 174 g/mol. The van der Waals surface area contributed by atoms with E-state index >= 15 is 0 Å². The zero-order valence-corrected chi connectivity index (χ0v) is 7.20. The van der Waals surface area contributed by atoms with E-state index in [0.717, 1.165) is 0 Å². The van der Waals surface area contributed by atoms with Gasteiger partial charge in [0.15, 0.2) is 0 Å². The number of hydrogen-bond acceptors (Lipinski definition) is 3. The number of rotatable bonds is 5. The van der Waals surface area contributed by atoms with Gasteiger partial charge in [0.1, 0.15) is 6.04 Å². The highest BCUT2D eigenvalue weighted by molar-refractivity contribution is 5.76. The fourth-order valence-electron chi connectivity index (χ4n) is 0.541. The van der Waals surface area contributed by atoms with Crippen molar-refractivity contribution in [3.63, 3.8) is 0 Å². The Hall–Kier alpha value is -1.10. The van der Waals surface area contributed by atoms with E-state index in [1.165, 1.54) is 6.92 Å². The molecule has 0 aliphatic carbocycles. The number of nitrogens with two attached hydrogens (primary N) is 1. The Balaban J connectivity index is 3.68. The van der Waals surface area contributed by atoms with Crippen molar-refractivity contribution in [1.82, 2.24) is 5.32 Å². The summed E-state index contributed by atoms with van der Waals surface area (Å²) in [6.07, 6.45) is 0. The second kappa shape index (κ2) is 4.71. The number of nitrogens with one attached hydrogen (secondary N) is 1. The molecule has 0 rings (SSSR count). The first-order chi connectivity index (χ1) is 5.45. The van der Waals surface area contributed by atoms with Gasteiger partial charge in [-0.3, -0.25) is 9.59 Å². The van der Waals surface area contributed by atoms with Crippen molar-refractivity contribution < 1.29 is 14.7 Å². The molecule has 12 heavy (non-hydrogen) atoms. The minimum Gasteiger partial charge on any atom is -0.480 e. The minimum absolute atomic E-state index is 0.294. The van der Waals surface area contributed by atoms with E-state index < -0.39 is 17.9 Å². The molecular weight excluding hydrogens is 160 g/mol. The number of carbonyl (C=O) groups is 2. The molecule has 0 aliphatic heterocycles. The van der Waals surface area contributed by atoms with E-state index in [1.54, 1.807) is 6.92 Å². The van der Waals surface area contributed by atoms with Crippen LogP contribution in [0.3, 0.4) is 0 Å². The van der Waals surface area contributed by atoms with Crippen LogP contribution in [-0.4, -0.2) is 29.6 Å². The lowest BCUT2D eigenvalue weighted by atomic mass is 10.1. The van der Waals surface area contributed by atoms with Crippen molar-refractivity contribution in [2.45, 2.75) is 19.9 Å². The summed E-state index contributed by atoms with van der Waals surface area (Å²) in [6.45, 7) is 3.45. The Morgan fingerprint density at radius 2 is 2.00 bits per heavy atom. The highest BCUT2D eigenvalue weighted by Crippen LogP contribution is 1.91. The number of hydrogen-bond donors (Lipinski definition) is 3. The maximum Gasteiger partial charge on any atom is 0.320 e. The predicted octanol–water partition coefficient (Wildman–Crippen LogP) is -0.829. The zero-order valence-electron chi connectivity index (χ0n) is 7.20. The van der Waals surface area contributed by atoms with Crippen molar-refractivity contribution in [2.75, 3.05) is 6.54 Å². The summed E-state index contributed by atoms with van der Waals surface area (Å²) in [7, 11) is 0. The number of primary amides is 1. The molecule has 0 aromatic carbocycles. The zero-order chi connectivity index (χ0) is 9.72. The van der Waals surface area contributed by atoms with Gasteiger partial charge in [-0.25, -0.2) is 0 Å². The van der Waals surface area contributed by atoms with Gasteiger partial charge in [-0.2, -0.15) is 0 Å². The molecule has 0 aromatic rings. The smallest absolute Gasteiger partial charge is 0.320 e. The van der Waals surface area contributed by atoms with Crippen LogP contribution in [0.25, 0.3) is 0 Å². The second-order valence-corrected chi connectivity index (χ2v) is 2.77. The van der Waals surface area contributed by atoms with Gasteiger partial charge in [0, 0.05) is 12.5 Å². The van der Waals surface area contributed by atoms with Crippen LogP contribution < -0.4 is 11.1 Å². The number of carbonyl (C=O) groups excluding carboxylic acids is 1. The van der Waals surface area contributed by atoms with E-state index in [-0.39, 0.29) is 5.92 Å². The summed E-state index contributed by atoms with van der Waals surface area (Å²) in [5, 5.41) is 11.1. The Morgan fingerprint density at radius 3 is 2.33 bits per heavy atom. The van der Waals surface area contributed by atoms with Crippen LogP contribution in [0.15, 0.2) is 0 Å². The molecule has 0 heterocycles. The molecule has 0 bridgehead atoms. The van der Waals surface area contributed by atoms with E-state index in [0.29, 0.717) is 6.54 Å². The van der Waals surface area contributed by atoms with Crippen LogP contribution in [0, 0.1) is 5.92 Å². The fourth-order valence-corrected chi connectivity index (χ4v) is 0.541. The molecule has 0 saturated carbocycles. The Labute approximate surface area is 70.9 Å². The van der Waals surface area contributed by atoms with Gasteiger partial charge in [-0.1, -0.05) is 6.92 Å². The van der Waals surface area contributed by atoms with Crippen LogP contribution in [0.1, 0.15) is 13.8 Å². The summed E-state index contributed by atoms with van der Waals surface area (Å²) in [6, 6.07) is -0.646. The molecule has 1 amide bonds. The SMILES string of the molecule is CC(CNC(C)C(=O)O)C(N)=O. The van der Waals surface area contributed by atoms with E-state index in [2.05, 4.69) is 5.32 Å². The number of carboxylic acids is 1. The van der Waals surface area contributed by atoms with Crippen LogP contribution in [0.4, 0.5) is 0 Å². The number of aliphatic carboxylic acids is 1. The summed E-state index contributed by atoms with van der Waals surface area (Å²) in [5.74, 6) is -1.71. The molecule has 0 aliphatic rings. The van der Waals surface area contributed by atoms with Gasteiger partial charge in [-0.05, 0) is 6.92 Å². The molecule has 2 unspecified atom stereocenters. The second-order valence-electron chi connectivity index (χ2n) is 2.77. The first kappa shape index (κ1) is 10.9. The maximum absolute atomic E-state index is 10.5. The van der Waals surface area contributed by atoms with E-state index in [9.17, 15) is 9.59 Å². The van der Waals surface area contributed by atoms with Crippen molar-refractivity contribution >= 4 is 11.9 Å². The summed E-state index contributed by atoms with van der Waals surface area (Å²) in [5.41, 5.74) is 4.97. The van der Waals surface area contributed by atoms with Gasteiger partial charge in [-0.15, -0.1) is 0 Å². The van der Waals surface area contributed by atoms with Crippen LogP contribution >= 0.6 is 0 Å². The molecule has 2 atom stereocenters. The molecule has 0 saturated heterocycles. The molecular formula is C7H14N2O3. The topological polar surface area (TPSA) is 92.4 Å². The number of amides is 1. The molecule has 4 N–H and O–H groups in total. The highest BCUT2D eigenvalue weighted by atomic mass is 16.4. The lowest BCUT2D eigenvalue weighted by molar-refractivity contribution is -0.139. The molecule has 0 radical (unpaired) electrons. The predicted molar refractivity (Wildman–Crippen MR) is 43.5 cm³/mol. The summed E-state index contributed by atoms with van der Waals surface area (Å²) in [4.78, 5) is 20.8. The molecule has 5 heteroatoms. The van der Waals surface area contributed by atoms with Gasteiger partial charge in [0.25, 0.3) is 0 Å². The third-order valence-electron chi connectivity index (χ3n) is 1.59. The minimum atomic E-state index is -0.938. The average Bonchev–Trinajstić information content (AvgIpc) is 1.98. The summed E-state index contributed by atoms with van der Waals surface area (Å²) >= 11 is 0. The van der Waals surface area contributed by atoms with Crippen molar-refractivity contribution in [1.29, 1.82) is 0 Å². The largest absolute Gasteiger partial charge is 0.480 e. The maximum atomic E-state index is 10.5. The van der Waals surface area contributed by atoms with Gasteiger partial charge in [0.2, 0.25) is 5.91 Å². The lowest BCUT2D eigenvalue weighted by Crippen LogP contribution is -2.39.